The molecule has 1 aromatic rings. The maximum absolute atomic E-state index is 14.6. The Morgan fingerprint density at radius 3 is 2.49 bits per heavy atom. The molecule has 2 aliphatic rings. The van der Waals surface area contributed by atoms with Crippen molar-refractivity contribution in [2.75, 3.05) is 26.9 Å². The van der Waals surface area contributed by atoms with Gasteiger partial charge in [0.2, 0.25) is 5.91 Å². The fourth-order valence-corrected chi connectivity index (χ4v) is 6.72. The van der Waals surface area contributed by atoms with Crippen LogP contribution in [-0.4, -0.2) is 95.4 Å². The van der Waals surface area contributed by atoms with Crippen LogP contribution in [0.25, 0.3) is 0 Å². The quantitative estimate of drug-likeness (QED) is 0.151. The first-order chi connectivity index (χ1) is 18.6. The number of carbonyl (C=O) groups is 2. The highest BCUT2D eigenvalue weighted by Gasteiger charge is 2.53. The van der Waals surface area contributed by atoms with Gasteiger partial charge in [-0.2, -0.15) is 4.67 Å². The molecule has 39 heavy (non-hydrogen) atoms. The highest BCUT2D eigenvalue weighted by Crippen LogP contribution is 2.57. The summed E-state index contributed by atoms with van der Waals surface area (Å²) in [4.78, 5) is 24.9. The third-order valence-corrected chi connectivity index (χ3v) is 8.64. The molecule has 1 amide bonds. The lowest BCUT2D eigenvalue weighted by Gasteiger charge is -2.44. The molecule has 2 saturated heterocycles. The lowest BCUT2D eigenvalue weighted by Crippen LogP contribution is -2.64. The molecule has 4 N–H and O–H groups in total. The highest BCUT2D eigenvalue weighted by molar-refractivity contribution is 7.51. The standard InChI is InChI=1S/C25H39N2O11P/c1-4-5-6-14-35-24(31)19-8-7-13-27(19)39(33,37-18-11-9-17(34-3)10-12-18)38-23-21(26-16(2)29)25(32)36-20(15-28)22(23)30/h9-12,19-23,25,28,30,32H,4-8,13-15H2,1-3H3,(H,26,29)/t19?,20-,21-,22-,23+,25+,39?/m1/s1. The van der Waals surface area contributed by atoms with Crippen LogP contribution in [0.15, 0.2) is 24.3 Å². The predicted molar refractivity (Wildman–Crippen MR) is 138 cm³/mol. The molecule has 14 heteroatoms. The lowest BCUT2D eigenvalue weighted by molar-refractivity contribution is -0.250. The average Bonchev–Trinajstić information content (AvgIpc) is 3.42. The summed E-state index contributed by atoms with van der Waals surface area (Å²) in [6.07, 6.45) is -2.81. The zero-order chi connectivity index (χ0) is 28.6. The summed E-state index contributed by atoms with van der Waals surface area (Å²) in [5, 5.41) is 33.6. The fourth-order valence-electron chi connectivity index (χ4n) is 4.56. The van der Waals surface area contributed by atoms with Crippen molar-refractivity contribution in [2.45, 2.75) is 82.6 Å². The number of esters is 1. The van der Waals surface area contributed by atoms with Crippen molar-refractivity contribution in [3.8, 4) is 11.5 Å². The summed E-state index contributed by atoms with van der Waals surface area (Å²) in [5.41, 5.74) is 0. The molecular formula is C25H39N2O11P. The second kappa shape index (κ2) is 14.4. The topological polar surface area (TPSA) is 173 Å². The van der Waals surface area contributed by atoms with Crippen molar-refractivity contribution < 1.29 is 52.7 Å². The van der Waals surface area contributed by atoms with Crippen molar-refractivity contribution in [1.29, 1.82) is 0 Å². The Bertz CT molecular complexity index is 995. The Kier molecular flexibility index (Phi) is 11.6. The van der Waals surface area contributed by atoms with E-state index in [-0.39, 0.29) is 18.9 Å². The van der Waals surface area contributed by atoms with Crippen molar-refractivity contribution in [1.82, 2.24) is 9.99 Å². The van der Waals surface area contributed by atoms with Gasteiger partial charge < -0.3 is 39.4 Å². The molecule has 7 atom stereocenters. The number of benzene rings is 1. The van der Waals surface area contributed by atoms with Gasteiger partial charge >= 0.3 is 13.7 Å². The minimum Gasteiger partial charge on any atom is -0.497 e. The minimum absolute atomic E-state index is 0.123. The van der Waals surface area contributed by atoms with Gasteiger partial charge in [0.15, 0.2) is 6.29 Å². The summed E-state index contributed by atoms with van der Waals surface area (Å²) in [7, 11) is -3.00. The molecule has 220 valence electrons. The monoisotopic (exact) mass is 574 g/mol. The number of amides is 1. The number of hydrogen-bond donors (Lipinski definition) is 4. The number of aliphatic hydroxyl groups is 3. The van der Waals surface area contributed by atoms with Gasteiger partial charge in [-0.1, -0.05) is 19.8 Å². The van der Waals surface area contributed by atoms with E-state index in [0.29, 0.717) is 25.0 Å². The Morgan fingerprint density at radius 1 is 1.18 bits per heavy atom. The molecule has 0 bridgehead atoms. The smallest absolute Gasteiger partial charge is 0.462 e. The molecule has 2 unspecified atom stereocenters. The first-order valence-electron chi connectivity index (χ1n) is 13.1. The Balaban J connectivity index is 1.95. The van der Waals surface area contributed by atoms with Gasteiger partial charge in [0.1, 0.15) is 41.9 Å². The van der Waals surface area contributed by atoms with Crippen LogP contribution in [0.4, 0.5) is 0 Å². The van der Waals surface area contributed by atoms with Crippen LogP contribution in [0, 0.1) is 0 Å². The van der Waals surface area contributed by atoms with E-state index in [1.807, 2.05) is 6.92 Å². The summed E-state index contributed by atoms with van der Waals surface area (Å²) in [5.74, 6) is -0.512. The van der Waals surface area contributed by atoms with Crippen molar-refractivity contribution in [3.63, 3.8) is 0 Å². The van der Waals surface area contributed by atoms with E-state index in [1.54, 1.807) is 12.1 Å². The minimum atomic E-state index is -4.49. The zero-order valence-corrected chi connectivity index (χ0v) is 23.3. The van der Waals surface area contributed by atoms with E-state index in [0.717, 1.165) is 12.8 Å². The second-order valence-electron chi connectivity index (χ2n) is 9.47. The van der Waals surface area contributed by atoms with Crippen LogP contribution in [0.1, 0.15) is 46.0 Å². The van der Waals surface area contributed by atoms with Crippen LogP contribution in [0.2, 0.25) is 0 Å². The zero-order valence-electron chi connectivity index (χ0n) is 22.4. The number of rotatable bonds is 13. The van der Waals surface area contributed by atoms with Gasteiger partial charge in [-0.15, -0.1) is 0 Å². The molecule has 0 spiro atoms. The van der Waals surface area contributed by atoms with Crippen LogP contribution in [0.5, 0.6) is 11.5 Å². The van der Waals surface area contributed by atoms with Gasteiger partial charge in [-0.3, -0.25) is 14.1 Å². The summed E-state index contributed by atoms with van der Waals surface area (Å²) >= 11 is 0. The molecule has 0 saturated carbocycles. The van der Waals surface area contributed by atoms with Crippen LogP contribution >= 0.6 is 7.75 Å². The van der Waals surface area contributed by atoms with Gasteiger partial charge in [0.25, 0.3) is 0 Å². The number of methoxy groups -OCH3 is 1. The highest BCUT2D eigenvalue weighted by atomic mass is 31.2. The molecule has 0 radical (unpaired) electrons. The fraction of sp³-hybridized carbons (Fsp3) is 0.680. The van der Waals surface area contributed by atoms with E-state index in [9.17, 15) is 29.5 Å². The van der Waals surface area contributed by atoms with Crippen LogP contribution < -0.4 is 14.6 Å². The van der Waals surface area contributed by atoms with Gasteiger partial charge in [-0.05, 0) is 43.5 Å². The third kappa shape index (κ3) is 7.91. The molecule has 0 aromatic heterocycles. The van der Waals surface area contributed by atoms with Gasteiger partial charge in [0, 0.05) is 13.5 Å². The number of carbonyl (C=O) groups excluding carboxylic acids is 2. The number of ether oxygens (including phenoxy) is 3. The molecule has 2 heterocycles. The average molecular weight is 575 g/mol. The van der Waals surface area contributed by atoms with E-state index < -0.39 is 62.9 Å². The molecule has 3 rings (SSSR count). The van der Waals surface area contributed by atoms with Gasteiger partial charge in [-0.25, -0.2) is 4.57 Å². The van der Waals surface area contributed by atoms with Crippen LogP contribution in [-0.2, 0) is 28.2 Å². The van der Waals surface area contributed by atoms with E-state index in [2.05, 4.69) is 5.32 Å². The maximum Gasteiger partial charge on any atom is 0.462 e. The summed E-state index contributed by atoms with van der Waals surface area (Å²) in [6.45, 7) is 2.90. The number of nitrogens with zero attached hydrogens (tertiary/aromatic N) is 1. The lowest BCUT2D eigenvalue weighted by atomic mass is 9.97. The number of aliphatic hydroxyl groups excluding tert-OH is 3. The van der Waals surface area contributed by atoms with Crippen molar-refractivity contribution in [3.05, 3.63) is 24.3 Å². The van der Waals surface area contributed by atoms with Crippen molar-refractivity contribution in [2.24, 2.45) is 0 Å². The largest absolute Gasteiger partial charge is 0.497 e. The number of unbranched alkanes of at least 4 members (excludes halogenated alkanes) is 2. The molecule has 2 fully saturated rings. The molecule has 13 nitrogen and oxygen atoms in total. The first kappa shape index (κ1) is 31.3. The van der Waals surface area contributed by atoms with Crippen molar-refractivity contribution >= 4 is 19.6 Å². The van der Waals surface area contributed by atoms with E-state index >= 15 is 0 Å². The van der Waals surface area contributed by atoms with E-state index in [1.165, 1.54) is 30.8 Å². The van der Waals surface area contributed by atoms with Gasteiger partial charge in [0.05, 0.1) is 20.3 Å². The molecule has 1 aromatic carbocycles. The maximum atomic E-state index is 14.6. The van der Waals surface area contributed by atoms with Crippen LogP contribution in [0.3, 0.4) is 0 Å². The second-order valence-corrected chi connectivity index (χ2v) is 11.3. The Hall–Kier alpha value is -2.25. The Morgan fingerprint density at radius 2 is 1.87 bits per heavy atom. The normalized spacial score (nSPS) is 28.9. The Labute approximate surface area is 227 Å². The summed E-state index contributed by atoms with van der Waals surface area (Å²) < 4.78 is 43.6. The predicted octanol–water partition coefficient (Wildman–Crippen LogP) is 1.34. The molecule has 0 aliphatic carbocycles. The summed E-state index contributed by atoms with van der Waals surface area (Å²) in [6, 6.07) is 3.84. The molecule has 2 aliphatic heterocycles. The number of hydrogen-bond acceptors (Lipinski definition) is 11. The SMILES string of the molecule is CCCCCOC(=O)C1CCCN1P(=O)(Oc1ccc(OC)cc1)O[C@@H]1[C@H](O)[C@@H](CO)O[C@H](O)[C@@H]1NC(C)=O. The van der Waals surface area contributed by atoms with E-state index in [4.69, 9.17) is 23.3 Å². The molecular weight excluding hydrogens is 535 g/mol. The third-order valence-electron chi connectivity index (χ3n) is 6.58. The number of nitrogens with one attached hydrogen (secondary N) is 1. The first-order valence-corrected chi connectivity index (χ1v) is 14.6.